The average molecular weight is 344 g/mol. The van der Waals surface area contributed by atoms with E-state index in [9.17, 15) is 4.79 Å². The van der Waals surface area contributed by atoms with Gasteiger partial charge in [0.1, 0.15) is 5.76 Å². The largest absolute Gasteiger partial charge is 0.468 e. The number of halogens is 2. The quantitative estimate of drug-likeness (QED) is 0.779. The molecule has 0 radical (unpaired) electrons. The fourth-order valence-electron chi connectivity index (χ4n) is 1.75. The zero-order valence-corrected chi connectivity index (χ0v) is 13.8. The minimum Gasteiger partial charge on any atom is -0.468 e. The van der Waals surface area contributed by atoms with Crippen LogP contribution >= 0.6 is 35.0 Å². The first-order valence-corrected chi connectivity index (χ1v) is 8.30. The van der Waals surface area contributed by atoms with Crippen molar-refractivity contribution in [2.75, 3.05) is 5.32 Å². The SMILES string of the molecule is CCC(SCc1ccco1)C(=O)Nc1ccc(Cl)c(Cl)c1. The third kappa shape index (κ3) is 4.70. The molecule has 0 aliphatic rings. The molecule has 6 heteroatoms. The molecule has 1 aromatic carbocycles. The second kappa shape index (κ2) is 7.78. The van der Waals surface area contributed by atoms with Crippen LogP contribution in [0.4, 0.5) is 5.69 Å². The van der Waals surface area contributed by atoms with Crippen LogP contribution in [0.15, 0.2) is 41.0 Å². The number of carbonyl (C=O) groups excluding carboxylic acids is 1. The Hall–Kier alpha value is -1.10. The number of thioether (sulfide) groups is 1. The molecule has 1 heterocycles. The first-order chi connectivity index (χ1) is 10.1. The van der Waals surface area contributed by atoms with E-state index in [1.54, 1.807) is 36.2 Å². The normalized spacial score (nSPS) is 12.1. The molecule has 0 aliphatic heterocycles. The fourth-order valence-corrected chi connectivity index (χ4v) is 3.03. The Bertz CT molecular complexity index is 602. The van der Waals surface area contributed by atoms with Crippen LogP contribution in [-0.4, -0.2) is 11.2 Å². The van der Waals surface area contributed by atoms with Crippen molar-refractivity contribution in [1.29, 1.82) is 0 Å². The van der Waals surface area contributed by atoms with E-state index in [0.717, 1.165) is 12.2 Å². The molecule has 1 amide bonds. The lowest BCUT2D eigenvalue weighted by molar-refractivity contribution is -0.115. The van der Waals surface area contributed by atoms with Gasteiger partial charge >= 0.3 is 0 Å². The van der Waals surface area contributed by atoms with E-state index in [1.165, 1.54) is 0 Å². The average Bonchev–Trinajstić information content (AvgIpc) is 2.97. The molecule has 0 bridgehead atoms. The van der Waals surface area contributed by atoms with Gasteiger partial charge in [-0.2, -0.15) is 0 Å². The summed E-state index contributed by atoms with van der Waals surface area (Å²) in [6.45, 7) is 1.98. The summed E-state index contributed by atoms with van der Waals surface area (Å²) in [5.41, 5.74) is 0.645. The first-order valence-electron chi connectivity index (χ1n) is 6.50. The Balaban J connectivity index is 1.94. The molecule has 1 unspecified atom stereocenters. The molecule has 1 atom stereocenters. The fraction of sp³-hybridized carbons (Fsp3) is 0.267. The van der Waals surface area contributed by atoms with Gasteiger partial charge in [0.15, 0.2) is 0 Å². The minimum atomic E-state index is -0.149. The molecular formula is C15H15Cl2NO2S. The van der Waals surface area contributed by atoms with Gasteiger partial charge in [0, 0.05) is 5.69 Å². The molecular weight excluding hydrogens is 329 g/mol. The van der Waals surface area contributed by atoms with Crippen molar-refractivity contribution in [2.24, 2.45) is 0 Å². The van der Waals surface area contributed by atoms with Crippen molar-refractivity contribution >= 4 is 46.6 Å². The number of hydrogen-bond donors (Lipinski definition) is 1. The van der Waals surface area contributed by atoms with E-state index >= 15 is 0 Å². The van der Waals surface area contributed by atoms with Crippen molar-refractivity contribution in [3.63, 3.8) is 0 Å². The zero-order chi connectivity index (χ0) is 15.2. The maximum Gasteiger partial charge on any atom is 0.237 e. The molecule has 1 N–H and O–H groups in total. The number of benzene rings is 1. The molecule has 0 fully saturated rings. The van der Waals surface area contributed by atoms with Gasteiger partial charge in [0.25, 0.3) is 0 Å². The predicted molar refractivity (Wildman–Crippen MR) is 89.2 cm³/mol. The second-order valence-electron chi connectivity index (χ2n) is 4.41. The number of nitrogens with one attached hydrogen (secondary N) is 1. The van der Waals surface area contributed by atoms with Gasteiger partial charge in [-0.3, -0.25) is 4.79 Å². The van der Waals surface area contributed by atoms with Crippen molar-refractivity contribution < 1.29 is 9.21 Å². The summed E-state index contributed by atoms with van der Waals surface area (Å²) in [6, 6.07) is 8.78. The van der Waals surface area contributed by atoms with Crippen LogP contribution in [0.5, 0.6) is 0 Å². The lowest BCUT2D eigenvalue weighted by Gasteiger charge is -2.14. The van der Waals surface area contributed by atoms with Gasteiger partial charge in [-0.15, -0.1) is 11.8 Å². The lowest BCUT2D eigenvalue weighted by Crippen LogP contribution is -2.24. The molecule has 0 spiro atoms. The van der Waals surface area contributed by atoms with Crippen molar-refractivity contribution in [3.8, 4) is 0 Å². The predicted octanol–water partition coefficient (Wildman–Crippen LogP) is 5.24. The standard InChI is InChI=1S/C15H15Cl2NO2S/c1-2-14(21-9-11-4-3-7-20-11)15(19)18-10-5-6-12(16)13(17)8-10/h3-8,14H,2,9H2,1H3,(H,18,19). The maximum atomic E-state index is 12.3. The highest BCUT2D eigenvalue weighted by molar-refractivity contribution is 7.99. The van der Waals surface area contributed by atoms with Crippen LogP contribution in [0.3, 0.4) is 0 Å². The molecule has 112 valence electrons. The third-order valence-corrected chi connectivity index (χ3v) is 5.00. The Morgan fingerprint density at radius 1 is 1.33 bits per heavy atom. The molecule has 2 aromatic rings. The molecule has 0 saturated heterocycles. The van der Waals surface area contributed by atoms with E-state index < -0.39 is 0 Å². The highest BCUT2D eigenvalue weighted by Crippen LogP contribution is 2.26. The van der Waals surface area contributed by atoms with Crippen LogP contribution in [0.2, 0.25) is 10.0 Å². The Labute approximate surface area is 138 Å². The summed E-state index contributed by atoms with van der Waals surface area (Å²) in [5.74, 6) is 1.48. The van der Waals surface area contributed by atoms with Crippen LogP contribution in [-0.2, 0) is 10.5 Å². The van der Waals surface area contributed by atoms with Crippen LogP contribution in [0, 0.1) is 0 Å². The zero-order valence-electron chi connectivity index (χ0n) is 11.4. The number of amides is 1. The van der Waals surface area contributed by atoms with Gasteiger partial charge in [-0.05, 0) is 36.8 Å². The van der Waals surface area contributed by atoms with Gasteiger partial charge in [0.2, 0.25) is 5.91 Å². The topological polar surface area (TPSA) is 42.2 Å². The van der Waals surface area contributed by atoms with E-state index in [4.69, 9.17) is 27.6 Å². The first kappa shape index (κ1) is 16.3. The van der Waals surface area contributed by atoms with E-state index in [1.807, 2.05) is 19.1 Å². The Kier molecular flexibility index (Phi) is 6.03. The third-order valence-electron chi connectivity index (χ3n) is 2.86. The summed E-state index contributed by atoms with van der Waals surface area (Å²) in [7, 11) is 0. The van der Waals surface area contributed by atoms with Crippen molar-refractivity contribution in [1.82, 2.24) is 0 Å². The van der Waals surface area contributed by atoms with Crippen LogP contribution < -0.4 is 5.32 Å². The minimum absolute atomic E-state index is 0.0487. The number of hydrogen-bond acceptors (Lipinski definition) is 3. The number of carbonyl (C=O) groups is 1. The van der Waals surface area contributed by atoms with E-state index in [2.05, 4.69) is 5.32 Å². The van der Waals surface area contributed by atoms with Crippen LogP contribution in [0.1, 0.15) is 19.1 Å². The smallest absolute Gasteiger partial charge is 0.237 e. The van der Waals surface area contributed by atoms with Gasteiger partial charge < -0.3 is 9.73 Å². The lowest BCUT2D eigenvalue weighted by atomic mass is 10.2. The second-order valence-corrected chi connectivity index (χ2v) is 6.41. The maximum absolute atomic E-state index is 12.3. The van der Waals surface area contributed by atoms with Gasteiger partial charge in [0.05, 0.1) is 27.3 Å². The highest BCUT2D eigenvalue weighted by atomic mass is 35.5. The molecule has 3 nitrogen and oxygen atoms in total. The van der Waals surface area contributed by atoms with Gasteiger partial charge in [-0.1, -0.05) is 30.1 Å². The van der Waals surface area contributed by atoms with E-state index in [-0.39, 0.29) is 11.2 Å². The van der Waals surface area contributed by atoms with E-state index in [0.29, 0.717) is 21.5 Å². The van der Waals surface area contributed by atoms with Crippen molar-refractivity contribution in [2.45, 2.75) is 24.3 Å². The Morgan fingerprint density at radius 3 is 2.76 bits per heavy atom. The number of rotatable bonds is 6. The molecule has 2 rings (SSSR count). The molecule has 21 heavy (non-hydrogen) atoms. The Morgan fingerprint density at radius 2 is 2.14 bits per heavy atom. The summed E-state index contributed by atoms with van der Waals surface area (Å²) >= 11 is 13.3. The van der Waals surface area contributed by atoms with Gasteiger partial charge in [-0.25, -0.2) is 0 Å². The summed E-state index contributed by atoms with van der Waals surface area (Å²) in [6.07, 6.45) is 2.37. The summed E-state index contributed by atoms with van der Waals surface area (Å²) in [5, 5.41) is 3.60. The number of anilines is 1. The monoisotopic (exact) mass is 343 g/mol. The molecule has 0 saturated carbocycles. The van der Waals surface area contributed by atoms with Crippen LogP contribution in [0.25, 0.3) is 0 Å². The molecule has 1 aromatic heterocycles. The highest BCUT2D eigenvalue weighted by Gasteiger charge is 2.18. The summed E-state index contributed by atoms with van der Waals surface area (Å²) in [4.78, 5) is 12.3. The van der Waals surface area contributed by atoms with Crippen molar-refractivity contribution in [3.05, 3.63) is 52.4 Å². The summed E-state index contributed by atoms with van der Waals surface area (Å²) < 4.78 is 5.27. The number of furan rings is 1. The molecule has 0 aliphatic carbocycles.